The highest BCUT2D eigenvalue weighted by Crippen LogP contribution is 2.30. The molecule has 0 aliphatic heterocycles. The van der Waals surface area contributed by atoms with Crippen molar-refractivity contribution in [1.82, 2.24) is 9.66 Å². The molecule has 0 fully saturated rings. The number of rotatable bonds is 6. The summed E-state index contributed by atoms with van der Waals surface area (Å²) in [5, 5.41) is 15.5. The Balaban J connectivity index is 1.67. The molecule has 0 unspecified atom stereocenters. The summed E-state index contributed by atoms with van der Waals surface area (Å²) in [6.45, 7) is 1.33. The van der Waals surface area contributed by atoms with Crippen molar-refractivity contribution in [3.8, 4) is 16.9 Å². The van der Waals surface area contributed by atoms with Crippen LogP contribution in [-0.2, 0) is 4.79 Å². The van der Waals surface area contributed by atoms with Crippen molar-refractivity contribution in [1.29, 1.82) is 0 Å². The largest absolute Gasteiger partial charge is 0.482 e. The highest BCUT2D eigenvalue weighted by Gasteiger charge is 2.15. The maximum absolute atomic E-state index is 13.2. The van der Waals surface area contributed by atoms with Crippen LogP contribution in [0.4, 0.5) is 0 Å². The molecule has 0 saturated carbocycles. The standard InChI is InChI=1S/C22H17N3O4S/c1-14-24-21-20(18(13-30-21)16-5-3-2-4-6-16)22(28)25(14)23-11-15-7-9-17(10-8-15)29-12-19(26)27/h2-11,13H,12H2,1H3,(H,26,27). The Hall–Kier alpha value is -3.78. The van der Waals surface area contributed by atoms with Gasteiger partial charge in [-0.05, 0) is 42.3 Å². The molecular formula is C22H17N3O4S. The number of aromatic nitrogens is 2. The predicted molar refractivity (Wildman–Crippen MR) is 117 cm³/mol. The minimum Gasteiger partial charge on any atom is -0.482 e. The van der Waals surface area contributed by atoms with E-state index < -0.39 is 12.6 Å². The van der Waals surface area contributed by atoms with Gasteiger partial charge in [0.2, 0.25) is 0 Å². The molecule has 0 amide bonds. The Labute approximate surface area is 175 Å². The lowest BCUT2D eigenvalue weighted by molar-refractivity contribution is -0.139. The second-order valence-electron chi connectivity index (χ2n) is 6.47. The number of hydrogen-bond donors (Lipinski definition) is 1. The molecule has 7 nitrogen and oxygen atoms in total. The Morgan fingerprint density at radius 2 is 1.93 bits per heavy atom. The van der Waals surface area contributed by atoms with Gasteiger partial charge in [0.05, 0.1) is 11.6 Å². The highest BCUT2D eigenvalue weighted by atomic mass is 32.1. The third-order valence-electron chi connectivity index (χ3n) is 4.40. The number of carbonyl (C=O) groups is 1. The average Bonchev–Trinajstić information content (AvgIpc) is 3.17. The van der Waals surface area contributed by atoms with Crippen molar-refractivity contribution < 1.29 is 14.6 Å². The van der Waals surface area contributed by atoms with Crippen LogP contribution in [0.1, 0.15) is 11.4 Å². The van der Waals surface area contributed by atoms with Gasteiger partial charge in [0.25, 0.3) is 5.56 Å². The van der Waals surface area contributed by atoms with Crippen molar-refractivity contribution in [3.63, 3.8) is 0 Å². The van der Waals surface area contributed by atoms with Gasteiger partial charge >= 0.3 is 5.97 Å². The number of benzene rings is 2. The second-order valence-corrected chi connectivity index (χ2v) is 7.33. The zero-order valence-corrected chi connectivity index (χ0v) is 16.8. The molecule has 4 aromatic rings. The lowest BCUT2D eigenvalue weighted by Crippen LogP contribution is -2.20. The first kappa shape index (κ1) is 19.5. The van der Waals surface area contributed by atoms with E-state index in [0.29, 0.717) is 21.8 Å². The summed E-state index contributed by atoms with van der Waals surface area (Å²) in [5.41, 5.74) is 2.31. The van der Waals surface area contributed by atoms with Crippen LogP contribution in [0.15, 0.2) is 69.9 Å². The van der Waals surface area contributed by atoms with Crippen molar-refractivity contribution in [2.45, 2.75) is 6.92 Å². The number of hydrogen-bond acceptors (Lipinski definition) is 6. The van der Waals surface area contributed by atoms with Gasteiger partial charge in [-0.2, -0.15) is 9.78 Å². The van der Waals surface area contributed by atoms with Gasteiger partial charge < -0.3 is 9.84 Å². The molecule has 2 aromatic heterocycles. The molecule has 0 saturated heterocycles. The van der Waals surface area contributed by atoms with Crippen LogP contribution in [0.25, 0.3) is 21.3 Å². The molecule has 0 aliphatic rings. The second kappa shape index (κ2) is 8.30. The molecule has 0 bridgehead atoms. The minimum absolute atomic E-state index is 0.227. The summed E-state index contributed by atoms with van der Waals surface area (Å²) in [4.78, 5) is 29.0. The molecule has 4 rings (SSSR count). The van der Waals surface area contributed by atoms with Gasteiger partial charge in [0, 0.05) is 10.9 Å². The lowest BCUT2D eigenvalue weighted by atomic mass is 10.1. The number of thiophene rings is 1. The first-order chi connectivity index (χ1) is 14.5. The first-order valence-electron chi connectivity index (χ1n) is 9.08. The number of ether oxygens (including phenoxy) is 1. The van der Waals surface area contributed by atoms with Crippen molar-refractivity contribution in [2.24, 2.45) is 5.10 Å². The summed E-state index contributed by atoms with van der Waals surface area (Å²) in [6.07, 6.45) is 1.55. The number of aryl methyl sites for hydroxylation is 1. The number of carboxylic acid groups (broad SMARTS) is 1. The van der Waals surface area contributed by atoms with Crippen LogP contribution in [0, 0.1) is 6.92 Å². The summed E-state index contributed by atoms with van der Waals surface area (Å²) < 4.78 is 6.40. The fourth-order valence-corrected chi connectivity index (χ4v) is 3.95. The van der Waals surface area contributed by atoms with Crippen LogP contribution < -0.4 is 10.3 Å². The summed E-state index contributed by atoms with van der Waals surface area (Å²) in [7, 11) is 0. The number of aliphatic carboxylic acids is 1. The fourth-order valence-electron chi connectivity index (χ4n) is 2.97. The van der Waals surface area contributed by atoms with Crippen LogP contribution in [0.3, 0.4) is 0 Å². The van der Waals surface area contributed by atoms with Gasteiger partial charge in [-0.25, -0.2) is 9.78 Å². The Morgan fingerprint density at radius 1 is 1.20 bits per heavy atom. The Kier molecular flexibility index (Phi) is 5.40. The van der Waals surface area contributed by atoms with E-state index in [2.05, 4.69) is 10.1 Å². The third-order valence-corrected chi connectivity index (χ3v) is 5.27. The maximum Gasteiger partial charge on any atom is 0.341 e. The predicted octanol–water partition coefficient (Wildman–Crippen LogP) is 3.78. The Bertz CT molecular complexity index is 1290. The molecule has 1 N–H and O–H groups in total. The maximum atomic E-state index is 13.2. The van der Waals surface area contributed by atoms with Gasteiger partial charge in [-0.15, -0.1) is 11.3 Å². The van der Waals surface area contributed by atoms with Crippen LogP contribution in [0.2, 0.25) is 0 Å². The van der Waals surface area contributed by atoms with Gasteiger partial charge in [-0.3, -0.25) is 4.79 Å². The van der Waals surface area contributed by atoms with Gasteiger partial charge in [-0.1, -0.05) is 30.3 Å². The number of carboxylic acids is 1. The molecule has 0 spiro atoms. The summed E-state index contributed by atoms with van der Waals surface area (Å²) in [6, 6.07) is 16.5. The van der Waals surface area contributed by atoms with E-state index in [1.807, 2.05) is 35.7 Å². The molecule has 0 aliphatic carbocycles. The molecular weight excluding hydrogens is 402 g/mol. The monoisotopic (exact) mass is 419 g/mol. The van der Waals surface area contributed by atoms with E-state index in [1.54, 1.807) is 37.4 Å². The zero-order valence-electron chi connectivity index (χ0n) is 16.0. The topological polar surface area (TPSA) is 93.8 Å². The average molecular weight is 419 g/mol. The van der Waals surface area contributed by atoms with Crippen molar-refractivity contribution in [2.75, 3.05) is 6.61 Å². The smallest absolute Gasteiger partial charge is 0.341 e. The van der Waals surface area contributed by atoms with Gasteiger partial charge in [0.15, 0.2) is 6.61 Å². The van der Waals surface area contributed by atoms with E-state index in [4.69, 9.17) is 9.84 Å². The van der Waals surface area contributed by atoms with E-state index >= 15 is 0 Å². The highest BCUT2D eigenvalue weighted by molar-refractivity contribution is 7.17. The van der Waals surface area contributed by atoms with Crippen LogP contribution >= 0.6 is 11.3 Å². The summed E-state index contributed by atoms with van der Waals surface area (Å²) >= 11 is 1.44. The zero-order chi connectivity index (χ0) is 21.1. The van der Waals surface area contributed by atoms with Crippen molar-refractivity contribution in [3.05, 3.63) is 81.7 Å². The summed E-state index contributed by atoms with van der Waals surface area (Å²) in [5.74, 6) is -0.106. The quantitative estimate of drug-likeness (QED) is 0.480. The Morgan fingerprint density at radius 3 is 2.63 bits per heavy atom. The van der Waals surface area contributed by atoms with E-state index in [1.165, 1.54) is 16.0 Å². The molecule has 30 heavy (non-hydrogen) atoms. The normalized spacial score (nSPS) is 11.2. The first-order valence-corrected chi connectivity index (χ1v) is 9.96. The molecule has 2 aromatic carbocycles. The lowest BCUT2D eigenvalue weighted by Gasteiger charge is -2.05. The number of fused-ring (bicyclic) bond motifs is 1. The van der Waals surface area contributed by atoms with Crippen LogP contribution in [-0.4, -0.2) is 33.6 Å². The van der Waals surface area contributed by atoms with Crippen molar-refractivity contribution >= 4 is 33.7 Å². The minimum atomic E-state index is -1.04. The van der Waals surface area contributed by atoms with Gasteiger partial charge in [0.1, 0.15) is 16.4 Å². The van der Waals surface area contributed by atoms with E-state index in [-0.39, 0.29) is 5.56 Å². The SMILES string of the molecule is Cc1nc2scc(-c3ccccc3)c2c(=O)n1N=Cc1ccc(OCC(=O)O)cc1. The molecule has 2 heterocycles. The third kappa shape index (κ3) is 3.99. The molecule has 8 heteroatoms. The van der Waals surface area contributed by atoms with E-state index in [0.717, 1.165) is 16.7 Å². The molecule has 150 valence electrons. The molecule has 0 radical (unpaired) electrons. The fraction of sp³-hybridized carbons (Fsp3) is 0.0909. The van der Waals surface area contributed by atoms with E-state index in [9.17, 15) is 9.59 Å². The number of nitrogens with zero attached hydrogens (tertiary/aromatic N) is 3. The van der Waals surface area contributed by atoms with Crippen LogP contribution in [0.5, 0.6) is 5.75 Å². The molecule has 0 atom stereocenters.